The Morgan fingerprint density at radius 3 is 1.97 bits per heavy atom. The molecule has 0 spiro atoms. The van der Waals surface area contributed by atoms with Crippen molar-refractivity contribution in [1.82, 2.24) is 0 Å². The van der Waals surface area contributed by atoms with Gasteiger partial charge in [-0.1, -0.05) is 108 Å². The van der Waals surface area contributed by atoms with Gasteiger partial charge >= 0.3 is 11.9 Å². The molecule has 1 aromatic heterocycles. The minimum Gasteiger partial charge on any atom is -0.756 e. The van der Waals surface area contributed by atoms with E-state index >= 15 is 0 Å². The molecular weight excluding hydrogens is 781 g/mol. The second-order valence-electron chi connectivity index (χ2n) is 16.7. The molecule has 0 saturated carbocycles. The van der Waals surface area contributed by atoms with Crippen molar-refractivity contribution in [3.05, 3.63) is 71.3 Å². The maximum atomic E-state index is 12.7. The van der Waals surface area contributed by atoms with Crippen molar-refractivity contribution in [2.24, 2.45) is 0 Å². The number of carbonyl (C=O) groups is 3. The van der Waals surface area contributed by atoms with Crippen LogP contribution in [0.4, 0.5) is 0 Å². The van der Waals surface area contributed by atoms with Crippen LogP contribution in [-0.2, 0) is 50.3 Å². The van der Waals surface area contributed by atoms with Crippen LogP contribution in [0.15, 0.2) is 53.0 Å². The molecule has 0 aliphatic carbocycles. The van der Waals surface area contributed by atoms with Crippen molar-refractivity contribution in [1.29, 1.82) is 0 Å². The molecule has 0 aliphatic rings. The van der Waals surface area contributed by atoms with Gasteiger partial charge in [-0.3, -0.25) is 18.9 Å². The number of carbonyl (C=O) groups excluding carboxylic acids is 3. The van der Waals surface area contributed by atoms with Crippen molar-refractivity contribution in [3.8, 4) is 0 Å². The second kappa shape index (κ2) is 33.5. The molecule has 1 rings (SSSR count). The fourth-order valence-corrected chi connectivity index (χ4v) is 6.91. The Bertz CT molecular complexity index is 1500. The summed E-state index contributed by atoms with van der Waals surface area (Å²) in [6.45, 7) is 8.11. The highest BCUT2D eigenvalue weighted by molar-refractivity contribution is 7.45. The molecule has 0 fully saturated rings. The summed E-state index contributed by atoms with van der Waals surface area (Å²) in [4.78, 5) is 49.9. The molecule has 11 nitrogen and oxygen atoms in total. The van der Waals surface area contributed by atoms with Crippen LogP contribution in [0.3, 0.4) is 0 Å². The van der Waals surface area contributed by atoms with E-state index in [1.54, 1.807) is 6.08 Å². The molecule has 0 amide bonds. The summed E-state index contributed by atoms with van der Waals surface area (Å²) in [5.41, 5.74) is 2.60. The van der Waals surface area contributed by atoms with Crippen LogP contribution in [0.5, 0.6) is 0 Å². The number of allylic oxidation sites excluding steroid dienone is 8. The van der Waals surface area contributed by atoms with Crippen LogP contribution in [0.25, 0.3) is 0 Å². The van der Waals surface area contributed by atoms with E-state index in [9.17, 15) is 23.8 Å². The third-order valence-corrected chi connectivity index (χ3v) is 11.0. The van der Waals surface area contributed by atoms with Gasteiger partial charge in [-0.05, 0) is 82.4 Å². The van der Waals surface area contributed by atoms with Crippen LogP contribution in [0.2, 0.25) is 0 Å². The maximum Gasteiger partial charge on any atom is 0.306 e. The van der Waals surface area contributed by atoms with Crippen molar-refractivity contribution in [3.63, 3.8) is 0 Å². The highest BCUT2D eigenvalue weighted by atomic mass is 31.2. The summed E-state index contributed by atoms with van der Waals surface area (Å²) in [5.74, 6) is 1.04. The number of hydrogen-bond acceptors (Lipinski definition) is 10. The Hall–Kier alpha value is -3.08. The zero-order valence-electron chi connectivity index (χ0n) is 38.4. The number of furan rings is 1. The van der Waals surface area contributed by atoms with Crippen molar-refractivity contribution in [2.75, 3.05) is 47.5 Å². The standard InChI is InChI=1S/C48H80NO10P/c1-8-10-11-12-13-14-15-16-17-18-21-24-27-32-43(50)33-30-36-47(51)55-39-44(40-57-60(53,54)56-38-37-49(5,6)7)58-48(52)35-29-26-23-20-19-22-25-28-34-46-42(4)41(3)45(59-46)31-9-2/h13-14,16-17,21,24,27,32,44H,8-12,15,18-20,22-23,25-26,28-31,33-40H2,1-7H3/b14-13-,17-16-,24-21-,32-27+/t44-/m1/s1. The summed E-state index contributed by atoms with van der Waals surface area (Å²) in [6.07, 6.45) is 32.8. The molecule has 0 radical (unpaired) electrons. The van der Waals surface area contributed by atoms with E-state index < -0.39 is 32.5 Å². The van der Waals surface area contributed by atoms with E-state index in [4.69, 9.17) is 22.9 Å². The van der Waals surface area contributed by atoms with Gasteiger partial charge in [-0.15, -0.1) is 0 Å². The largest absolute Gasteiger partial charge is 0.756 e. The second-order valence-corrected chi connectivity index (χ2v) is 18.1. The molecule has 0 N–H and O–H groups in total. The molecular formula is C48H80NO10P. The molecule has 342 valence electrons. The molecule has 0 saturated heterocycles. The summed E-state index contributed by atoms with van der Waals surface area (Å²) >= 11 is 0. The van der Waals surface area contributed by atoms with Crippen LogP contribution >= 0.6 is 7.82 Å². The number of rotatable bonds is 37. The van der Waals surface area contributed by atoms with Gasteiger partial charge in [0, 0.05) is 32.1 Å². The van der Waals surface area contributed by atoms with E-state index in [0.29, 0.717) is 17.4 Å². The first-order chi connectivity index (χ1) is 28.7. The van der Waals surface area contributed by atoms with Gasteiger partial charge in [0.1, 0.15) is 31.3 Å². The van der Waals surface area contributed by atoms with Crippen LogP contribution < -0.4 is 4.89 Å². The lowest BCUT2D eigenvalue weighted by Crippen LogP contribution is -2.37. The summed E-state index contributed by atoms with van der Waals surface area (Å²) in [7, 11) is 1.01. The summed E-state index contributed by atoms with van der Waals surface area (Å²) < 4.78 is 39.8. The molecule has 12 heteroatoms. The van der Waals surface area contributed by atoms with Crippen LogP contribution in [0, 0.1) is 13.8 Å². The molecule has 0 aliphatic heterocycles. The number of likely N-dealkylation sites (N-methyl/N-ethyl adjacent to an activating group) is 1. The molecule has 2 atom stereocenters. The lowest BCUT2D eigenvalue weighted by Gasteiger charge is -2.28. The maximum absolute atomic E-state index is 12.7. The van der Waals surface area contributed by atoms with Gasteiger partial charge in [0.2, 0.25) is 0 Å². The van der Waals surface area contributed by atoms with Crippen LogP contribution in [-0.4, -0.2) is 75.8 Å². The number of aryl methyl sites for hydroxylation is 2. The lowest BCUT2D eigenvalue weighted by atomic mass is 10.0. The van der Waals surface area contributed by atoms with Gasteiger partial charge in [-0.2, -0.15) is 0 Å². The van der Waals surface area contributed by atoms with Crippen molar-refractivity contribution < 1.29 is 51.3 Å². The SMILES string of the molecule is CCCCC/C=C\C/C=C\C/C=C\C=C\C(=O)CCCC(=O)OC[C@H](COP(=O)([O-])OCC[N+](C)(C)C)OC(=O)CCCCCCCCCCc1oc(CCC)c(C)c1C. The molecule has 1 aromatic rings. The zero-order valence-corrected chi connectivity index (χ0v) is 39.2. The first kappa shape index (κ1) is 54.9. The van der Waals surface area contributed by atoms with Gasteiger partial charge in [0.25, 0.3) is 7.82 Å². The Balaban J connectivity index is 2.42. The van der Waals surface area contributed by atoms with Gasteiger partial charge in [0.05, 0.1) is 27.7 Å². The minimum atomic E-state index is -4.70. The molecule has 60 heavy (non-hydrogen) atoms. The van der Waals surface area contributed by atoms with Crippen molar-refractivity contribution >= 4 is 25.5 Å². The smallest absolute Gasteiger partial charge is 0.306 e. The topological polar surface area (TPSA) is 141 Å². The monoisotopic (exact) mass is 862 g/mol. The Morgan fingerprint density at radius 1 is 0.683 bits per heavy atom. The first-order valence-electron chi connectivity index (χ1n) is 22.7. The van der Waals surface area contributed by atoms with Gasteiger partial charge < -0.3 is 32.3 Å². The fourth-order valence-electron chi connectivity index (χ4n) is 6.18. The van der Waals surface area contributed by atoms with E-state index in [2.05, 4.69) is 52.0 Å². The number of unbranched alkanes of at least 4 members (excludes halogenated alkanes) is 10. The van der Waals surface area contributed by atoms with E-state index in [0.717, 1.165) is 95.0 Å². The molecule has 0 aromatic carbocycles. The van der Waals surface area contributed by atoms with Crippen LogP contribution in [0.1, 0.15) is 158 Å². The quantitative estimate of drug-likeness (QED) is 0.0121. The Morgan fingerprint density at radius 2 is 1.30 bits per heavy atom. The summed E-state index contributed by atoms with van der Waals surface area (Å²) in [6, 6.07) is 0. The number of quaternary nitrogens is 1. The third kappa shape index (κ3) is 30.0. The molecule has 1 unspecified atom stereocenters. The summed E-state index contributed by atoms with van der Waals surface area (Å²) in [5, 5.41) is 0. The van der Waals surface area contributed by atoms with Gasteiger partial charge in [0.15, 0.2) is 11.9 Å². The normalized spacial score (nSPS) is 13.9. The molecule has 0 bridgehead atoms. The van der Waals surface area contributed by atoms with Crippen molar-refractivity contribution in [2.45, 2.75) is 169 Å². The molecule has 1 heterocycles. The average molecular weight is 862 g/mol. The fraction of sp³-hybridized carbons (Fsp3) is 0.688. The first-order valence-corrected chi connectivity index (χ1v) is 24.1. The highest BCUT2D eigenvalue weighted by Gasteiger charge is 2.22. The predicted molar refractivity (Wildman–Crippen MR) is 239 cm³/mol. The third-order valence-electron chi connectivity index (χ3n) is 10.0. The van der Waals surface area contributed by atoms with E-state index in [1.165, 1.54) is 36.5 Å². The Kier molecular flexibility index (Phi) is 30.7. The number of phosphoric acid groups is 1. The number of nitrogens with zero attached hydrogens (tertiary/aromatic N) is 1. The number of ether oxygens (including phenoxy) is 2. The van der Waals surface area contributed by atoms with E-state index in [-0.39, 0.29) is 44.7 Å². The lowest BCUT2D eigenvalue weighted by molar-refractivity contribution is -0.870. The highest BCUT2D eigenvalue weighted by Crippen LogP contribution is 2.38. The zero-order chi connectivity index (χ0) is 44.5. The average Bonchev–Trinajstić information content (AvgIpc) is 3.45. The number of ketones is 1. The number of hydrogen-bond donors (Lipinski definition) is 0. The van der Waals surface area contributed by atoms with Gasteiger partial charge in [-0.25, -0.2) is 0 Å². The minimum absolute atomic E-state index is 0.0216. The predicted octanol–water partition coefficient (Wildman–Crippen LogP) is 10.9. The van der Waals surface area contributed by atoms with E-state index in [1.807, 2.05) is 33.3 Å². The number of esters is 2. The Labute approximate surface area is 363 Å². The number of phosphoric ester groups is 1.